The van der Waals surface area contributed by atoms with E-state index in [0.29, 0.717) is 5.75 Å². The summed E-state index contributed by atoms with van der Waals surface area (Å²) in [6.07, 6.45) is 10.0. The van der Waals surface area contributed by atoms with E-state index in [0.717, 1.165) is 37.3 Å². The van der Waals surface area contributed by atoms with Crippen LogP contribution in [-0.4, -0.2) is 34.7 Å². The number of hydrogen-bond acceptors (Lipinski definition) is 6. The smallest absolute Gasteiger partial charge is 0.265 e. The molecule has 0 saturated heterocycles. The Morgan fingerprint density at radius 3 is 2.79 bits per heavy atom. The fraction of sp³-hybridized carbons (Fsp3) is 0.316. The van der Waals surface area contributed by atoms with E-state index >= 15 is 0 Å². The second-order valence-corrected chi connectivity index (χ2v) is 8.52. The molecule has 4 rings (SSSR count). The number of aromatic nitrogens is 4. The van der Waals surface area contributed by atoms with Crippen molar-refractivity contribution in [3.63, 3.8) is 0 Å². The zero-order valence-corrected chi connectivity index (χ0v) is 16.3. The lowest BCUT2D eigenvalue weighted by atomic mass is 9.83. The van der Waals surface area contributed by atoms with Gasteiger partial charge in [-0.2, -0.15) is 5.10 Å². The van der Waals surface area contributed by atoms with Gasteiger partial charge in [-0.15, -0.1) is 0 Å². The summed E-state index contributed by atoms with van der Waals surface area (Å²) in [4.78, 5) is 7.03. The van der Waals surface area contributed by atoms with Gasteiger partial charge in [-0.1, -0.05) is 6.42 Å². The van der Waals surface area contributed by atoms with Crippen LogP contribution in [0.2, 0.25) is 0 Å². The molecule has 0 spiro atoms. The third-order valence-corrected chi connectivity index (χ3v) is 6.34. The van der Waals surface area contributed by atoms with E-state index in [1.807, 2.05) is 6.20 Å². The molecule has 1 aromatic carbocycles. The highest BCUT2D eigenvalue weighted by atomic mass is 32.2. The lowest BCUT2D eigenvalue weighted by Crippen LogP contribution is -2.28. The molecule has 0 unspecified atom stereocenters. The normalized spacial score (nSPS) is 19.6. The van der Waals surface area contributed by atoms with Gasteiger partial charge >= 0.3 is 0 Å². The number of ether oxygens (including phenoxy) is 1. The highest BCUT2D eigenvalue weighted by Gasteiger charge is 2.29. The number of H-pyrrole nitrogens is 1. The Bertz CT molecular complexity index is 1060. The fourth-order valence-electron chi connectivity index (χ4n) is 3.57. The van der Waals surface area contributed by atoms with E-state index in [1.54, 1.807) is 6.20 Å². The van der Waals surface area contributed by atoms with Crippen LogP contribution in [0.25, 0.3) is 0 Å². The van der Waals surface area contributed by atoms with Crippen LogP contribution >= 0.6 is 0 Å². The highest BCUT2D eigenvalue weighted by Crippen LogP contribution is 2.35. The van der Waals surface area contributed by atoms with Gasteiger partial charge in [-0.05, 0) is 43.0 Å². The molecule has 2 atom stereocenters. The van der Waals surface area contributed by atoms with E-state index in [9.17, 15) is 12.8 Å². The number of aromatic amines is 1. The SMILES string of the molecule is O=S(=O)(Nc1ccncn1)c1ccc(O[C@H]2CCCC[C@@H]2c2cn[nH]c2)cc1F. The molecule has 1 aliphatic rings. The summed E-state index contributed by atoms with van der Waals surface area (Å²) >= 11 is 0. The maximum atomic E-state index is 14.6. The zero-order chi connectivity index (χ0) is 20.3. The Labute approximate surface area is 167 Å². The minimum absolute atomic E-state index is 0.0601. The predicted octanol–water partition coefficient (Wildman–Crippen LogP) is 3.24. The molecule has 0 aliphatic heterocycles. The molecule has 0 bridgehead atoms. The quantitative estimate of drug-likeness (QED) is 0.637. The van der Waals surface area contributed by atoms with Gasteiger partial charge < -0.3 is 4.74 Å². The van der Waals surface area contributed by atoms with Crippen LogP contribution in [0, 0.1) is 5.82 Å². The molecule has 29 heavy (non-hydrogen) atoms. The van der Waals surface area contributed by atoms with Crippen molar-refractivity contribution in [1.82, 2.24) is 20.2 Å². The third-order valence-electron chi connectivity index (χ3n) is 4.95. The van der Waals surface area contributed by atoms with Crippen molar-refractivity contribution in [3.8, 4) is 5.75 Å². The average Bonchev–Trinajstić information content (AvgIpc) is 3.23. The van der Waals surface area contributed by atoms with Crippen LogP contribution in [0.4, 0.5) is 10.2 Å². The second-order valence-electron chi connectivity index (χ2n) is 6.87. The Kier molecular flexibility index (Phi) is 5.43. The van der Waals surface area contributed by atoms with Crippen LogP contribution in [0.5, 0.6) is 5.75 Å². The molecular weight excluding hydrogens is 397 g/mol. The molecule has 10 heteroatoms. The molecule has 0 amide bonds. The molecule has 1 saturated carbocycles. The number of benzene rings is 1. The summed E-state index contributed by atoms with van der Waals surface area (Å²) in [6, 6.07) is 5.16. The maximum absolute atomic E-state index is 14.6. The molecule has 152 valence electrons. The van der Waals surface area contributed by atoms with Gasteiger partial charge in [0.1, 0.15) is 34.7 Å². The number of halogens is 1. The standard InChI is InChI=1S/C19H20FN5O3S/c20-16-9-14(28-17-4-2-1-3-15(17)13-10-23-24-11-13)5-6-18(16)29(26,27)25-19-7-8-21-12-22-19/h5-12,15,17H,1-4H2,(H,23,24)(H,21,22,25)/t15-,17+/m1/s1. The summed E-state index contributed by atoms with van der Waals surface area (Å²) in [5.41, 5.74) is 1.06. The first kappa shape index (κ1) is 19.3. The van der Waals surface area contributed by atoms with Gasteiger partial charge in [0.05, 0.1) is 6.20 Å². The molecule has 8 nitrogen and oxygen atoms in total. The summed E-state index contributed by atoms with van der Waals surface area (Å²) in [5, 5.41) is 6.82. The van der Waals surface area contributed by atoms with Crippen LogP contribution < -0.4 is 9.46 Å². The summed E-state index contributed by atoms with van der Waals surface area (Å²) < 4.78 is 47.8. The number of rotatable bonds is 6. The number of nitrogens with zero attached hydrogens (tertiary/aromatic N) is 3. The summed E-state index contributed by atoms with van der Waals surface area (Å²) in [7, 11) is -4.12. The first-order chi connectivity index (χ1) is 14.0. The number of sulfonamides is 1. The Morgan fingerprint density at radius 1 is 1.21 bits per heavy atom. The first-order valence-electron chi connectivity index (χ1n) is 9.26. The van der Waals surface area contributed by atoms with Gasteiger partial charge in [0.2, 0.25) is 0 Å². The molecule has 2 N–H and O–H groups in total. The summed E-state index contributed by atoms with van der Waals surface area (Å²) in [6.45, 7) is 0. The van der Waals surface area contributed by atoms with Crippen LogP contribution in [-0.2, 0) is 10.0 Å². The van der Waals surface area contributed by atoms with Crippen LogP contribution in [0.3, 0.4) is 0 Å². The zero-order valence-electron chi connectivity index (χ0n) is 15.5. The minimum atomic E-state index is -4.12. The van der Waals surface area contributed by atoms with Gasteiger partial charge in [0, 0.05) is 24.4 Å². The van der Waals surface area contributed by atoms with Crippen molar-refractivity contribution in [3.05, 3.63) is 60.6 Å². The minimum Gasteiger partial charge on any atom is -0.490 e. The number of anilines is 1. The van der Waals surface area contributed by atoms with Crippen molar-refractivity contribution in [2.75, 3.05) is 4.72 Å². The molecule has 1 fully saturated rings. The molecule has 2 aromatic heterocycles. The second kappa shape index (κ2) is 8.16. The van der Waals surface area contributed by atoms with E-state index in [4.69, 9.17) is 4.74 Å². The van der Waals surface area contributed by atoms with E-state index in [-0.39, 0.29) is 17.8 Å². The van der Waals surface area contributed by atoms with Crippen molar-refractivity contribution < 1.29 is 17.5 Å². The first-order valence-corrected chi connectivity index (χ1v) is 10.7. The molecular formula is C19H20FN5O3S. The van der Waals surface area contributed by atoms with E-state index in [1.165, 1.54) is 30.7 Å². The summed E-state index contributed by atoms with van der Waals surface area (Å²) in [5.74, 6) is -0.373. The Hall–Kier alpha value is -3.01. The molecule has 1 aliphatic carbocycles. The van der Waals surface area contributed by atoms with Gasteiger partial charge in [0.15, 0.2) is 0 Å². The third kappa shape index (κ3) is 4.37. The highest BCUT2D eigenvalue weighted by molar-refractivity contribution is 7.92. The van der Waals surface area contributed by atoms with Gasteiger partial charge in [0.25, 0.3) is 10.0 Å². The Balaban J connectivity index is 1.52. The lowest BCUT2D eigenvalue weighted by molar-refractivity contribution is 0.129. The number of hydrogen-bond donors (Lipinski definition) is 2. The van der Waals surface area contributed by atoms with Crippen molar-refractivity contribution in [2.45, 2.75) is 42.6 Å². The van der Waals surface area contributed by atoms with Gasteiger partial charge in [-0.25, -0.2) is 22.8 Å². The Morgan fingerprint density at radius 2 is 2.07 bits per heavy atom. The van der Waals surface area contributed by atoms with Gasteiger partial charge in [-0.3, -0.25) is 9.82 Å². The predicted molar refractivity (Wildman–Crippen MR) is 103 cm³/mol. The van der Waals surface area contributed by atoms with E-state index in [2.05, 4.69) is 24.9 Å². The largest absolute Gasteiger partial charge is 0.490 e. The van der Waals surface area contributed by atoms with Crippen molar-refractivity contribution in [2.24, 2.45) is 0 Å². The van der Waals surface area contributed by atoms with Crippen molar-refractivity contribution in [1.29, 1.82) is 0 Å². The van der Waals surface area contributed by atoms with Crippen LogP contribution in [0.15, 0.2) is 54.1 Å². The lowest BCUT2D eigenvalue weighted by Gasteiger charge is -2.31. The molecule has 0 radical (unpaired) electrons. The topological polar surface area (TPSA) is 110 Å². The average molecular weight is 417 g/mol. The molecule has 2 heterocycles. The van der Waals surface area contributed by atoms with Crippen molar-refractivity contribution >= 4 is 15.8 Å². The van der Waals surface area contributed by atoms with E-state index < -0.39 is 20.7 Å². The maximum Gasteiger partial charge on any atom is 0.265 e. The monoisotopic (exact) mass is 417 g/mol. The molecule has 3 aromatic rings. The number of nitrogens with one attached hydrogen (secondary N) is 2. The van der Waals surface area contributed by atoms with Crippen LogP contribution in [0.1, 0.15) is 37.2 Å². The fourth-order valence-corrected chi connectivity index (χ4v) is 4.64.